The molecule has 1 fully saturated rings. The van der Waals surface area contributed by atoms with Crippen molar-refractivity contribution in [3.63, 3.8) is 0 Å². The van der Waals surface area contributed by atoms with Crippen molar-refractivity contribution in [1.29, 1.82) is 0 Å². The van der Waals surface area contributed by atoms with Crippen LogP contribution >= 0.6 is 11.6 Å². The minimum absolute atomic E-state index is 0.0202. The zero-order valence-electron chi connectivity index (χ0n) is 9.28. The molecular formula is C11H15ClN2O2. The average molecular weight is 243 g/mol. The van der Waals surface area contributed by atoms with E-state index < -0.39 is 0 Å². The zero-order chi connectivity index (χ0) is 11.5. The van der Waals surface area contributed by atoms with Crippen LogP contribution in [-0.4, -0.2) is 34.9 Å². The van der Waals surface area contributed by atoms with Gasteiger partial charge in [-0.15, -0.1) is 11.6 Å². The molecule has 5 heteroatoms. The number of hydrogen-bond donors (Lipinski definition) is 0. The van der Waals surface area contributed by atoms with Gasteiger partial charge in [-0.05, 0) is 25.7 Å². The molecule has 0 radical (unpaired) electrons. The van der Waals surface area contributed by atoms with Gasteiger partial charge in [0.1, 0.15) is 11.3 Å². The number of carbonyl (C=O) groups is 1. The number of aromatic nitrogens is 1. The molecule has 0 atom stereocenters. The summed E-state index contributed by atoms with van der Waals surface area (Å²) in [4.78, 5) is 13.9. The lowest BCUT2D eigenvalue weighted by Crippen LogP contribution is -2.38. The van der Waals surface area contributed by atoms with Crippen LogP contribution in [0.4, 0.5) is 0 Å². The first-order valence-corrected chi connectivity index (χ1v) is 6.02. The Kier molecular flexibility index (Phi) is 3.49. The van der Waals surface area contributed by atoms with E-state index in [0.717, 1.165) is 25.9 Å². The molecule has 0 saturated carbocycles. The molecule has 16 heavy (non-hydrogen) atoms. The Morgan fingerprint density at radius 3 is 2.81 bits per heavy atom. The first-order valence-electron chi connectivity index (χ1n) is 5.49. The van der Waals surface area contributed by atoms with Crippen molar-refractivity contribution in [2.24, 2.45) is 5.92 Å². The van der Waals surface area contributed by atoms with Crippen molar-refractivity contribution in [2.75, 3.05) is 19.0 Å². The van der Waals surface area contributed by atoms with Crippen LogP contribution < -0.4 is 0 Å². The van der Waals surface area contributed by atoms with Gasteiger partial charge in [-0.3, -0.25) is 4.79 Å². The first-order chi connectivity index (χ1) is 7.72. The molecule has 0 aliphatic carbocycles. The molecule has 2 rings (SSSR count). The van der Waals surface area contributed by atoms with Gasteiger partial charge in [0.2, 0.25) is 0 Å². The average Bonchev–Trinajstić information content (AvgIpc) is 2.75. The van der Waals surface area contributed by atoms with Crippen molar-refractivity contribution in [1.82, 2.24) is 10.1 Å². The normalized spacial score (nSPS) is 17.8. The van der Waals surface area contributed by atoms with E-state index in [9.17, 15) is 4.79 Å². The number of amides is 1. The molecule has 88 valence electrons. The van der Waals surface area contributed by atoms with E-state index in [0.29, 0.717) is 23.1 Å². The topological polar surface area (TPSA) is 46.3 Å². The van der Waals surface area contributed by atoms with E-state index >= 15 is 0 Å². The third kappa shape index (κ3) is 2.21. The standard InChI is InChI=1S/C11H15ClN2O2/c1-8-10(7-13-16-8)11(15)14-4-2-9(6-12)3-5-14/h7,9H,2-6H2,1H3. The van der Waals surface area contributed by atoms with Gasteiger partial charge in [0.25, 0.3) is 5.91 Å². The number of nitrogens with zero attached hydrogens (tertiary/aromatic N) is 2. The molecule has 0 aromatic carbocycles. The molecular weight excluding hydrogens is 228 g/mol. The number of aryl methyl sites for hydroxylation is 1. The fourth-order valence-corrected chi connectivity index (χ4v) is 2.27. The van der Waals surface area contributed by atoms with E-state index in [4.69, 9.17) is 16.1 Å². The van der Waals surface area contributed by atoms with E-state index in [-0.39, 0.29) is 5.91 Å². The minimum Gasteiger partial charge on any atom is -0.361 e. The number of halogens is 1. The summed E-state index contributed by atoms with van der Waals surface area (Å²) >= 11 is 5.80. The van der Waals surface area contributed by atoms with E-state index in [2.05, 4.69) is 5.16 Å². The smallest absolute Gasteiger partial charge is 0.259 e. The predicted octanol–water partition coefficient (Wildman–Crippen LogP) is 2.07. The Morgan fingerprint density at radius 2 is 2.31 bits per heavy atom. The minimum atomic E-state index is 0.0202. The first kappa shape index (κ1) is 11.5. The summed E-state index contributed by atoms with van der Waals surface area (Å²) in [5.41, 5.74) is 0.573. The molecule has 1 aliphatic rings. The molecule has 1 aromatic rings. The molecule has 0 bridgehead atoms. The molecule has 0 spiro atoms. The summed E-state index contributed by atoms with van der Waals surface area (Å²) in [5, 5.41) is 3.63. The highest BCUT2D eigenvalue weighted by atomic mass is 35.5. The molecule has 4 nitrogen and oxygen atoms in total. The lowest BCUT2D eigenvalue weighted by atomic mass is 9.98. The third-order valence-corrected chi connectivity index (χ3v) is 3.54. The number of likely N-dealkylation sites (tertiary alicyclic amines) is 1. The third-order valence-electron chi connectivity index (χ3n) is 3.10. The second-order valence-corrected chi connectivity index (χ2v) is 4.49. The van der Waals surface area contributed by atoms with Gasteiger partial charge in [0.15, 0.2) is 0 Å². The summed E-state index contributed by atoms with van der Waals surface area (Å²) in [6.07, 6.45) is 3.46. The van der Waals surface area contributed by atoms with Crippen LogP contribution in [0.1, 0.15) is 29.0 Å². The van der Waals surface area contributed by atoms with Gasteiger partial charge in [-0.2, -0.15) is 0 Å². The van der Waals surface area contributed by atoms with Gasteiger partial charge in [-0.25, -0.2) is 0 Å². The van der Waals surface area contributed by atoms with Gasteiger partial charge >= 0.3 is 0 Å². The van der Waals surface area contributed by atoms with Crippen molar-refractivity contribution < 1.29 is 9.32 Å². The Bertz CT molecular complexity index is 370. The van der Waals surface area contributed by atoms with E-state index in [1.165, 1.54) is 6.20 Å². The SMILES string of the molecule is Cc1oncc1C(=O)N1CCC(CCl)CC1. The van der Waals surface area contributed by atoms with Gasteiger partial charge in [-0.1, -0.05) is 5.16 Å². The van der Waals surface area contributed by atoms with Gasteiger partial charge in [0, 0.05) is 19.0 Å². The summed E-state index contributed by atoms with van der Waals surface area (Å²) in [5.74, 6) is 1.85. The Morgan fingerprint density at radius 1 is 1.62 bits per heavy atom. The van der Waals surface area contributed by atoms with E-state index in [1.807, 2.05) is 4.90 Å². The maximum Gasteiger partial charge on any atom is 0.259 e. The predicted molar refractivity (Wildman–Crippen MR) is 60.6 cm³/mol. The number of hydrogen-bond acceptors (Lipinski definition) is 3. The van der Waals surface area contributed by atoms with Crippen LogP contribution in [0, 0.1) is 12.8 Å². The van der Waals surface area contributed by atoms with Crippen LogP contribution in [0.15, 0.2) is 10.7 Å². The maximum absolute atomic E-state index is 12.1. The summed E-state index contributed by atoms with van der Waals surface area (Å²) < 4.78 is 4.90. The second kappa shape index (κ2) is 4.87. The Hall–Kier alpha value is -1.03. The van der Waals surface area contributed by atoms with Crippen LogP contribution in [0.5, 0.6) is 0 Å². The molecule has 1 amide bonds. The largest absolute Gasteiger partial charge is 0.361 e. The monoisotopic (exact) mass is 242 g/mol. The van der Waals surface area contributed by atoms with Crippen molar-refractivity contribution in [2.45, 2.75) is 19.8 Å². The van der Waals surface area contributed by atoms with Crippen LogP contribution in [0.3, 0.4) is 0 Å². The molecule has 2 heterocycles. The maximum atomic E-state index is 12.1. The number of alkyl halides is 1. The molecule has 1 aromatic heterocycles. The molecule has 1 aliphatic heterocycles. The Labute approximate surface area is 99.5 Å². The zero-order valence-corrected chi connectivity index (χ0v) is 10.0. The number of carbonyl (C=O) groups excluding carboxylic acids is 1. The molecule has 1 saturated heterocycles. The Balaban J connectivity index is 2.00. The van der Waals surface area contributed by atoms with Crippen molar-refractivity contribution in [3.05, 3.63) is 17.5 Å². The second-order valence-electron chi connectivity index (χ2n) is 4.19. The molecule has 0 N–H and O–H groups in total. The van der Waals surface area contributed by atoms with Crippen molar-refractivity contribution in [3.8, 4) is 0 Å². The van der Waals surface area contributed by atoms with Crippen LogP contribution in [0.2, 0.25) is 0 Å². The lowest BCUT2D eigenvalue weighted by molar-refractivity contribution is 0.0696. The van der Waals surface area contributed by atoms with Gasteiger partial charge < -0.3 is 9.42 Å². The number of piperidine rings is 1. The van der Waals surface area contributed by atoms with Crippen LogP contribution in [0.25, 0.3) is 0 Å². The highest BCUT2D eigenvalue weighted by Gasteiger charge is 2.25. The van der Waals surface area contributed by atoms with Crippen LogP contribution in [-0.2, 0) is 0 Å². The highest BCUT2D eigenvalue weighted by Crippen LogP contribution is 2.20. The quantitative estimate of drug-likeness (QED) is 0.746. The molecule has 0 unspecified atom stereocenters. The highest BCUT2D eigenvalue weighted by molar-refractivity contribution is 6.18. The summed E-state index contributed by atoms with van der Waals surface area (Å²) in [6, 6.07) is 0. The lowest BCUT2D eigenvalue weighted by Gasteiger charge is -2.30. The number of rotatable bonds is 2. The summed E-state index contributed by atoms with van der Waals surface area (Å²) in [7, 11) is 0. The van der Waals surface area contributed by atoms with Gasteiger partial charge in [0.05, 0.1) is 6.20 Å². The van der Waals surface area contributed by atoms with E-state index in [1.54, 1.807) is 6.92 Å². The van der Waals surface area contributed by atoms with Crippen molar-refractivity contribution >= 4 is 17.5 Å². The fourth-order valence-electron chi connectivity index (χ4n) is 1.96. The fraction of sp³-hybridized carbons (Fsp3) is 0.636. The summed E-state index contributed by atoms with van der Waals surface area (Å²) in [6.45, 7) is 3.31.